The number of aliphatic carboxylic acids is 1. The minimum Gasteiger partial charge on any atom is -0.481 e. The number of nitrogens with one attached hydrogen (secondary N) is 1. The summed E-state index contributed by atoms with van der Waals surface area (Å²) in [6.45, 7) is 0. The van der Waals surface area contributed by atoms with Crippen molar-refractivity contribution >= 4 is 45.0 Å². The van der Waals surface area contributed by atoms with Crippen molar-refractivity contribution in [1.82, 2.24) is 20.2 Å². The van der Waals surface area contributed by atoms with Crippen LogP contribution in [0.3, 0.4) is 0 Å². The van der Waals surface area contributed by atoms with Crippen molar-refractivity contribution in [2.24, 2.45) is 0 Å². The predicted octanol–water partition coefficient (Wildman–Crippen LogP) is 2.68. The van der Waals surface area contributed by atoms with Crippen molar-refractivity contribution < 1.29 is 20.2 Å². The van der Waals surface area contributed by atoms with Gasteiger partial charge in [0.25, 0.3) is 0 Å². The summed E-state index contributed by atoms with van der Waals surface area (Å²) in [7, 11) is 1.60. The molecule has 4 rings (SSSR count). The number of aromatic nitrogens is 4. The van der Waals surface area contributed by atoms with E-state index in [1.54, 1.807) is 23.9 Å². The van der Waals surface area contributed by atoms with E-state index in [0.29, 0.717) is 11.0 Å². The Bertz CT molecular complexity index is 1140. The van der Waals surface area contributed by atoms with Crippen LogP contribution in [0.15, 0.2) is 47.1 Å². The summed E-state index contributed by atoms with van der Waals surface area (Å²) in [5.41, 5.74) is 8.18. The van der Waals surface area contributed by atoms with E-state index in [1.165, 1.54) is 0 Å². The van der Waals surface area contributed by atoms with Gasteiger partial charge in [-0.1, -0.05) is 17.8 Å². The Kier molecular flexibility index (Phi) is 5.35. The largest absolute Gasteiger partial charge is 0.481 e. The lowest BCUT2D eigenvalue weighted by atomic mass is 10.0. The average Bonchev–Trinajstić information content (AvgIpc) is 3.35. The maximum atomic E-state index is 10.7. The SMILES string of the molecule is CO[NH2+]c1cc(-c2ccc3scnc3c2)cc(-c2nc(SCC(=O)O)n[nH]2)c1. The first-order chi connectivity index (χ1) is 13.6. The van der Waals surface area contributed by atoms with E-state index in [9.17, 15) is 4.79 Å². The number of carboxylic acid groups (broad SMARTS) is 1. The fourth-order valence-corrected chi connectivity index (χ4v) is 3.94. The van der Waals surface area contributed by atoms with Gasteiger partial charge in [0, 0.05) is 17.7 Å². The van der Waals surface area contributed by atoms with Crippen LogP contribution >= 0.6 is 23.1 Å². The first kappa shape index (κ1) is 18.6. The molecule has 0 saturated carbocycles. The summed E-state index contributed by atoms with van der Waals surface area (Å²) in [6.07, 6.45) is 0. The van der Waals surface area contributed by atoms with Crippen molar-refractivity contribution in [2.75, 3.05) is 12.9 Å². The molecule has 0 aliphatic rings. The fraction of sp³-hybridized carbons (Fsp3) is 0.111. The Morgan fingerprint density at radius 1 is 1.25 bits per heavy atom. The van der Waals surface area contributed by atoms with Crippen molar-refractivity contribution in [3.05, 3.63) is 41.9 Å². The van der Waals surface area contributed by atoms with Crippen LogP contribution in [0.2, 0.25) is 0 Å². The van der Waals surface area contributed by atoms with Gasteiger partial charge in [-0.2, -0.15) is 5.48 Å². The highest BCUT2D eigenvalue weighted by atomic mass is 32.2. The van der Waals surface area contributed by atoms with Crippen LogP contribution in [-0.2, 0) is 9.63 Å². The summed E-state index contributed by atoms with van der Waals surface area (Å²) in [5, 5.41) is 16.2. The Morgan fingerprint density at radius 2 is 2.11 bits per heavy atom. The lowest BCUT2D eigenvalue weighted by molar-refractivity contribution is -0.830. The second-order valence-corrected chi connectivity index (χ2v) is 7.71. The third-order valence-corrected chi connectivity index (χ3v) is 5.58. The molecule has 2 aromatic carbocycles. The number of rotatable bonds is 7. The van der Waals surface area contributed by atoms with E-state index in [2.05, 4.69) is 38.4 Å². The first-order valence-corrected chi connectivity index (χ1v) is 10.1. The lowest BCUT2D eigenvalue weighted by Gasteiger charge is -2.07. The molecule has 0 unspecified atom stereocenters. The van der Waals surface area contributed by atoms with Gasteiger partial charge in [-0.25, -0.2) is 14.8 Å². The summed E-state index contributed by atoms with van der Waals surface area (Å²) < 4.78 is 1.14. The summed E-state index contributed by atoms with van der Waals surface area (Å²) in [4.78, 5) is 24.7. The number of carboxylic acids is 1. The second kappa shape index (κ2) is 8.07. The summed E-state index contributed by atoms with van der Waals surface area (Å²) in [5.74, 6) is -0.434. The van der Waals surface area contributed by atoms with Crippen LogP contribution in [0.1, 0.15) is 0 Å². The molecule has 2 aromatic heterocycles. The molecule has 142 valence electrons. The van der Waals surface area contributed by atoms with Gasteiger partial charge in [0.1, 0.15) is 0 Å². The molecular formula is C18H16N5O3S2+. The molecule has 0 amide bonds. The zero-order chi connectivity index (χ0) is 19.5. The van der Waals surface area contributed by atoms with E-state index in [0.717, 1.165) is 44.4 Å². The first-order valence-electron chi connectivity index (χ1n) is 8.24. The minimum atomic E-state index is -0.909. The lowest BCUT2D eigenvalue weighted by Crippen LogP contribution is -2.75. The number of quaternary nitrogens is 1. The Morgan fingerprint density at radius 3 is 2.93 bits per heavy atom. The number of carbonyl (C=O) groups is 1. The smallest absolute Gasteiger partial charge is 0.313 e. The number of aromatic amines is 1. The second-order valence-electron chi connectivity index (χ2n) is 5.88. The van der Waals surface area contributed by atoms with Crippen LogP contribution in [0.4, 0.5) is 5.69 Å². The molecule has 10 heteroatoms. The topological polar surface area (TPSA) is 118 Å². The van der Waals surface area contributed by atoms with Gasteiger partial charge in [-0.05, 0) is 29.3 Å². The molecule has 0 aliphatic carbocycles. The van der Waals surface area contributed by atoms with Crippen molar-refractivity contribution in [3.63, 3.8) is 0 Å². The standard InChI is InChI=1S/C18H15N5O3S2/c1-26-23-13-5-11(10-2-3-15-14(7-10)19-9-28-15)4-12(6-13)17-20-18(22-21-17)27-8-16(24)25/h2-7,9,23H,8H2,1H3,(H,24,25)(H,20,21,22)/p+1. The number of benzene rings is 2. The van der Waals surface area contributed by atoms with E-state index < -0.39 is 5.97 Å². The normalized spacial score (nSPS) is 11.2. The van der Waals surface area contributed by atoms with Crippen LogP contribution in [-0.4, -0.2) is 44.1 Å². The molecule has 28 heavy (non-hydrogen) atoms. The number of hydrogen-bond acceptors (Lipinski definition) is 7. The van der Waals surface area contributed by atoms with E-state index in [1.807, 2.05) is 23.7 Å². The van der Waals surface area contributed by atoms with Gasteiger partial charge in [0.15, 0.2) is 11.5 Å². The molecule has 0 aliphatic heterocycles. The number of H-pyrrole nitrogens is 1. The molecule has 0 spiro atoms. The quantitative estimate of drug-likeness (QED) is 0.242. The zero-order valence-electron chi connectivity index (χ0n) is 14.7. The number of nitrogens with two attached hydrogens (primary N) is 1. The van der Waals surface area contributed by atoms with Crippen molar-refractivity contribution in [3.8, 4) is 22.5 Å². The molecule has 0 fully saturated rings. The highest BCUT2D eigenvalue weighted by Crippen LogP contribution is 2.30. The fourth-order valence-electron chi connectivity index (χ4n) is 2.76. The number of thiazole rings is 1. The van der Waals surface area contributed by atoms with Gasteiger partial charge in [0.2, 0.25) is 5.16 Å². The monoisotopic (exact) mass is 414 g/mol. The van der Waals surface area contributed by atoms with E-state index >= 15 is 0 Å². The minimum absolute atomic E-state index is 0.0896. The highest BCUT2D eigenvalue weighted by Gasteiger charge is 2.13. The average molecular weight is 414 g/mol. The Labute approximate surface area is 167 Å². The molecule has 0 saturated heterocycles. The third-order valence-electron chi connectivity index (χ3n) is 3.94. The van der Waals surface area contributed by atoms with Crippen LogP contribution < -0.4 is 5.48 Å². The van der Waals surface area contributed by atoms with Gasteiger partial charge < -0.3 is 5.11 Å². The third kappa shape index (κ3) is 4.04. The van der Waals surface area contributed by atoms with Crippen LogP contribution in [0, 0.1) is 0 Å². The molecule has 8 nitrogen and oxygen atoms in total. The molecule has 4 aromatic rings. The molecule has 2 heterocycles. The summed E-state index contributed by atoms with van der Waals surface area (Å²) in [6, 6.07) is 12.1. The molecule has 4 N–H and O–H groups in total. The van der Waals surface area contributed by atoms with Gasteiger partial charge >= 0.3 is 5.97 Å². The summed E-state index contributed by atoms with van der Waals surface area (Å²) >= 11 is 2.68. The zero-order valence-corrected chi connectivity index (χ0v) is 16.4. The molecular weight excluding hydrogens is 398 g/mol. The predicted molar refractivity (Wildman–Crippen MR) is 107 cm³/mol. The Balaban J connectivity index is 1.72. The van der Waals surface area contributed by atoms with Crippen molar-refractivity contribution in [1.29, 1.82) is 0 Å². The van der Waals surface area contributed by atoms with Crippen LogP contribution in [0.25, 0.3) is 32.7 Å². The number of thioether (sulfide) groups is 1. The van der Waals surface area contributed by atoms with Crippen LogP contribution in [0.5, 0.6) is 0 Å². The molecule has 0 bridgehead atoms. The van der Waals surface area contributed by atoms with Gasteiger partial charge in [-0.3, -0.25) is 9.89 Å². The number of nitrogens with zero attached hydrogens (tertiary/aromatic N) is 3. The number of hydrogen-bond donors (Lipinski definition) is 3. The van der Waals surface area contributed by atoms with Gasteiger partial charge in [0.05, 0.1) is 28.6 Å². The highest BCUT2D eigenvalue weighted by molar-refractivity contribution is 7.99. The van der Waals surface area contributed by atoms with Crippen molar-refractivity contribution in [2.45, 2.75) is 5.16 Å². The molecule has 0 radical (unpaired) electrons. The Hall–Kier alpha value is -2.79. The maximum absolute atomic E-state index is 10.7. The maximum Gasteiger partial charge on any atom is 0.313 e. The molecule has 0 atom stereocenters. The van der Waals surface area contributed by atoms with E-state index in [-0.39, 0.29) is 5.75 Å². The van der Waals surface area contributed by atoms with E-state index in [4.69, 9.17) is 9.94 Å². The number of fused-ring (bicyclic) bond motifs is 1. The van der Waals surface area contributed by atoms with Gasteiger partial charge in [-0.15, -0.1) is 16.4 Å².